The maximum absolute atomic E-state index is 12.9. The Morgan fingerprint density at radius 2 is 0.506 bits per heavy atom. The van der Waals surface area contributed by atoms with Crippen LogP contribution < -0.4 is 0 Å². The van der Waals surface area contributed by atoms with Gasteiger partial charge < -0.3 is 14.2 Å². The standard InChI is InChI=1S/C71H124O6/c1-4-7-10-13-16-19-22-25-28-31-32-33-34-35-36-37-38-41-43-46-49-52-55-58-61-64-70(73)76-67-68(77-71(74)65-62-59-56-53-50-47-44-40-30-27-24-21-18-15-12-9-6-3)66-75-69(72)63-60-57-54-51-48-45-42-39-29-26-23-20-17-14-11-8-5-2/h9,12,18,21-22,25,27,30-32,34-35,44,47,68H,4-8,10-11,13-17,19-20,23-24,26,28-29,33,36-43,45-46,48-67H2,1-3H3/b12-9-,21-18-,25-22-,30-27-,32-31-,35-34-,47-44-. The van der Waals surface area contributed by atoms with Crippen LogP contribution in [0.2, 0.25) is 0 Å². The predicted molar refractivity (Wildman–Crippen MR) is 334 cm³/mol. The molecule has 1 unspecified atom stereocenters. The van der Waals surface area contributed by atoms with Crippen LogP contribution in [0.3, 0.4) is 0 Å². The third-order valence-corrected chi connectivity index (χ3v) is 14.4. The van der Waals surface area contributed by atoms with E-state index >= 15 is 0 Å². The molecule has 77 heavy (non-hydrogen) atoms. The van der Waals surface area contributed by atoms with Gasteiger partial charge in [-0.2, -0.15) is 0 Å². The molecule has 0 spiro atoms. The van der Waals surface area contributed by atoms with Crippen molar-refractivity contribution in [1.29, 1.82) is 0 Å². The molecule has 0 amide bonds. The third kappa shape index (κ3) is 63.3. The van der Waals surface area contributed by atoms with Crippen LogP contribution in [0.15, 0.2) is 85.1 Å². The first-order valence-corrected chi connectivity index (χ1v) is 33.1. The zero-order valence-electron chi connectivity index (χ0n) is 51.0. The zero-order valence-corrected chi connectivity index (χ0v) is 51.0. The Labute approximate surface area is 477 Å². The number of carbonyl (C=O) groups excluding carboxylic acids is 3. The summed E-state index contributed by atoms with van der Waals surface area (Å²) in [5.41, 5.74) is 0. The summed E-state index contributed by atoms with van der Waals surface area (Å²) in [6, 6.07) is 0. The smallest absolute Gasteiger partial charge is 0.306 e. The Bertz CT molecular complexity index is 1470. The van der Waals surface area contributed by atoms with Crippen molar-refractivity contribution in [2.45, 2.75) is 335 Å². The molecular formula is C71H124O6. The highest BCUT2D eigenvalue weighted by molar-refractivity contribution is 5.71. The van der Waals surface area contributed by atoms with E-state index in [1.807, 2.05) is 0 Å². The number of allylic oxidation sites excluding steroid dienone is 14. The van der Waals surface area contributed by atoms with Gasteiger partial charge in [0.25, 0.3) is 0 Å². The summed E-state index contributed by atoms with van der Waals surface area (Å²) in [7, 11) is 0. The van der Waals surface area contributed by atoms with E-state index in [1.165, 1.54) is 180 Å². The van der Waals surface area contributed by atoms with Crippen LogP contribution in [0.25, 0.3) is 0 Å². The highest BCUT2D eigenvalue weighted by Crippen LogP contribution is 2.17. The molecule has 6 nitrogen and oxygen atoms in total. The van der Waals surface area contributed by atoms with E-state index in [0.29, 0.717) is 19.3 Å². The summed E-state index contributed by atoms with van der Waals surface area (Å²) in [6.07, 6.45) is 85.9. The van der Waals surface area contributed by atoms with Crippen molar-refractivity contribution in [3.8, 4) is 0 Å². The largest absolute Gasteiger partial charge is 0.462 e. The van der Waals surface area contributed by atoms with Crippen LogP contribution in [-0.2, 0) is 28.6 Å². The molecule has 0 saturated heterocycles. The summed E-state index contributed by atoms with van der Waals surface area (Å²) in [4.78, 5) is 38.4. The third-order valence-electron chi connectivity index (χ3n) is 14.4. The summed E-state index contributed by atoms with van der Waals surface area (Å²) >= 11 is 0. The Morgan fingerprint density at radius 3 is 0.792 bits per heavy atom. The van der Waals surface area contributed by atoms with E-state index in [9.17, 15) is 14.4 Å². The predicted octanol–water partition coefficient (Wildman–Crippen LogP) is 22.7. The molecule has 0 N–H and O–H groups in total. The first-order valence-electron chi connectivity index (χ1n) is 33.1. The normalized spacial score (nSPS) is 12.6. The molecule has 0 aromatic carbocycles. The van der Waals surface area contributed by atoms with Crippen molar-refractivity contribution in [3.05, 3.63) is 85.1 Å². The van der Waals surface area contributed by atoms with Crippen molar-refractivity contribution in [1.82, 2.24) is 0 Å². The quantitative estimate of drug-likeness (QED) is 0.0261. The number of unbranched alkanes of at least 4 members (excludes halogenated alkanes) is 35. The molecule has 444 valence electrons. The van der Waals surface area contributed by atoms with Gasteiger partial charge in [-0.15, -0.1) is 0 Å². The molecule has 0 aliphatic carbocycles. The number of esters is 3. The molecule has 0 aliphatic rings. The first kappa shape index (κ1) is 73.6. The van der Waals surface area contributed by atoms with Gasteiger partial charge in [-0.05, 0) is 96.3 Å². The van der Waals surface area contributed by atoms with Crippen molar-refractivity contribution >= 4 is 17.9 Å². The molecule has 0 aliphatic heterocycles. The number of carbonyl (C=O) groups is 3. The van der Waals surface area contributed by atoms with Gasteiger partial charge >= 0.3 is 17.9 Å². The summed E-state index contributed by atoms with van der Waals surface area (Å²) < 4.78 is 16.9. The lowest BCUT2D eigenvalue weighted by Gasteiger charge is -2.18. The van der Waals surface area contributed by atoms with Crippen LogP contribution in [0.5, 0.6) is 0 Å². The van der Waals surface area contributed by atoms with Crippen molar-refractivity contribution in [3.63, 3.8) is 0 Å². The molecule has 0 saturated carbocycles. The van der Waals surface area contributed by atoms with Gasteiger partial charge in [0.1, 0.15) is 13.2 Å². The average molecular weight is 1070 g/mol. The Balaban J connectivity index is 4.36. The van der Waals surface area contributed by atoms with Gasteiger partial charge in [-0.3, -0.25) is 14.4 Å². The number of rotatable bonds is 60. The monoisotopic (exact) mass is 1070 g/mol. The lowest BCUT2D eigenvalue weighted by molar-refractivity contribution is -0.167. The van der Waals surface area contributed by atoms with Gasteiger partial charge in [0.05, 0.1) is 0 Å². The fourth-order valence-corrected chi connectivity index (χ4v) is 9.44. The van der Waals surface area contributed by atoms with Gasteiger partial charge in [0.2, 0.25) is 0 Å². The zero-order chi connectivity index (χ0) is 55.7. The van der Waals surface area contributed by atoms with Crippen molar-refractivity contribution in [2.75, 3.05) is 13.2 Å². The lowest BCUT2D eigenvalue weighted by Crippen LogP contribution is -2.30. The van der Waals surface area contributed by atoms with E-state index in [-0.39, 0.29) is 31.1 Å². The fraction of sp³-hybridized carbons (Fsp3) is 0.761. The Kier molecular flexibility index (Phi) is 62.2. The van der Waals surface area contributed by atoms with Gasteiger partial charge in [-0.1, -0.05) is 298 Å². The van der Waals surface area contributed by atoms with Crippen molar-refractivity contribution in [2.24, 2.45) is 0 Å². The van der Waals surface area contributed by atoms with E-state index < -0.39 is 6.10 Å². The molecular weight excluding hydrogens is 949 g/mol. The molecule has 0 radical (unpaired) electrons. The highest BCUT2D eigenvalue weighted by Gasteiger charge is 2.19. The van der Waals surface area contributed by atoms with E-state index in [1.54, 1.807) is 0 Å². The summed E-state index contributed by atoms with van der Waals surface area (Å²) in [5, 5.41) is 0. The number of hydrogen-bond donors (Lipinski definition) is 0. The topological polar surface area (TPSA) is 78.9 Å². The average Bonchev–Trinajstić information content (AvgIpc) is 3.43. The first-order chi connectivity index (χ1) is 38.0. The second kappa shape index (κ2) is 65.1. The Hall–Kier alpha value is -3.41. The number of ether oxygens (including phenoxy) is 3. The van der Waals surface area contributed by atoms with Crippen LogP contribution >= 0.6 is 0 Å². The second-order valence-corrected chi connectivity index (χ2v) is 22.0. The van der Waals surface area contributed by atoms with E-state index in [4.69, 9.17) is 14.2 Å². The summed E-state index contributed by atoms with van der Waals surface area (Å²) in [6.45, 7) is 6.53. The minimum atomic E-state index is -0.792. The molecule has 0 fully saturated rings. The van der Waals surface area contributed by atoms with Gasteiger partial charge in [0, 0.05) is 19.3 Å². The van der Waals surface area contributed by atoms with Crippen LogP contribution in [0.4, 0.5) is 0 Å². The van der Waals surface area contributed by atoms with Crippen LogP contribution in [0.1, 0.15) is 329 Å². The minimum Gasteiger partial charge on any atom is -0.462 e. The lowest BCUT2D eigenvalue weighted by atomic mass is 10.0. The minimum absolute atomic E-state index is 0.0849. The second-order valence-electron chi connectivity index (χ2n) is 22.0. The highest BCUT2D eigenvalue weighted by atomic mass is 16.6. The molecule has 6 heteroatoms. The fourth-order valence-electron chi connectivity index (χ4n) is 9.44. The van der Waals surface area contributed by atoms with E-state index in [0.717, 1.165) is 109 Å². The SMILES string of the molecule is CC/C=C\C/C=C\C/C=C\C/C=C\CCCCCCC(=O)OC(COC(=O)CCCCCCCCCCCC/C=C\C/C=C\C/C=C\CCCCCCC)COC(=O)CCCCCCCCCCCCCCCCCCC. The maximum atomic E-state index is 12.9. The van der Waals surface area contributed by atoms with Crippen LogP contribution in [0, 0.1) is 0 Å². The molecule has 0 aromatic heterocycles. The number of hydrogen-bond acceptors (Lipinski definition) is 6. The van der Waals surface area contributed by atoms with Crippen molar-refractivity contribution < 1.29 is 28.6 Å². The molecule has 0 bridgehead atoms. The Morgan fingerprint density at radius 1 is 0.273 bits per heavy atom. The molecule has 0 aromatic rings. The maximum Gasteiger partial charge on any atom is 0.306 e. The summed E-state index contributed by atoms with van der Waals surface area (Å²) in [5.74, 6) is -0.898. The molecule has 1 atom stereocenters. The molecule has 0 rings (SSSR count). The van der Waals surface area contributed by atoms with Gasteiger partial charge in [0.15, 0.2) is 6.10 Å². The van der Waals surface area contributed by atoms with Gasteiger partial charge in [-0.25, -0.2) is 0 Å². The van der Waals surface area contributed by atoms with Crippen LogP contribution in [-0.4, -0.2) is 37.2 Å². The van der Waals surface area contributed by atoms with E-state index in [2.05, 4.69) is 106 Å². The molecule has 0 heterocycles.